The normalized spacial score (nSPS) is 15.7. The van der Waals surface area contributed by atoms with Gasteiger partial charge in [0.1, 0.15) is 6.54 Å². The molecule has 19 heavy (non-hydrogen) atoms. The van der Waals surface area contributed by atoms with Gasteiger partial charge in [0.2, 0.25) is 11.8 Å². The van der Waals surface area contributed by atoms with Crippen LogP contribution < -0.4 is 10.2 Å². The summed E-state index contributed by atoms with van der Waals surface area (Å²) in [5.74, 6) is -0.0760. The fraction of sp³-hybridized carbons (Fsp3) is 0.429. The van der Waals surface area contributed by atoms with Crippen LogP contribution in [0.15, 0.2) is 24.3 Å². The molecule has 0 fully saturated rings. The van der Waals surface area contributed by atoms with Crippen molar-refractivity contribution >= 4 is 23.2 Å². The fourth-order valence-electron chi connectivity index (χ4n) is 2.21. The third kappa shape index (κ3) is 3.12. The van der Waals surface area contributed by atoms with Gasteiger partial charge in [-0.3, -0.25) is 9.59 Å². The summed E-state index contributed by atoms with van der Waals surface area (Å²) in [6.45, 7) is 2.57. The predicted octanol–water partition coefficient (Wildman–Crippen LogP) is 1.64. The highest BCUT2D eigenvalue weighted by Crippen LogP contribution is 2.29. The van der Waals surface area contributed by atoms with Gasteiger partial charge in [-0.1, -0.05) is 19.1 Å². The zero-order chi connectivity index (χ0) is 13.8. The smallest absolute Gasteiger partial charge is 0.244 e. The summed E-state index contributed by atoms with van der Waals surface area (Å²) in [5.41, 5.74) is 1.45. The molecule has 0 spiro atoms. The number of ether oxygens (including phenoxy) is 1. The molecular weight excluding hydrogens is 244 g/mol. The molecule has 0 bridgehead atoms. The van der Waals surface area contributed by atoms with Gasteiger partial charge in [0.25, 0.3) is 0 Å². The number of amides is 2. The van der Waals surface area contributed by atoms with Crippen molar-refractivity contribution in [2.75, 3.05) is 30.5 Å². The molecule has 2 rings (SSSR count). The van der Waals surface area contributed by atoms with Crippen molar-refractivity contribution in [1.82, 2.24) is 0 Å². The predicted molar refractivity (Wildman–Crippen MR) is 73.1 cm³/mol. The number of hydrogen-bond donors (Lipinski definition) is 1. The molecule has 1 unspecified atom stereocenters. The number of carbonyl (C=O) groups excluding carboxylic acids is 2. The molecule has 102 valence electrons. The minimum atomic E-state index is -0.161. The number of nitrogens with one attached hydrogen (secondary N) is 1. The number of methoxy groups -OCH3 is 1. The van der Waals surface area contributed by atoms with E-state index < -0.39 is 0 Å². The molecule has 5 nitrogen and oxygen atoms in total. The van der Waals surface area contributed by atoms with Gasteiger partial charge in [0.15, 0.2) is 0 Å². The zero-order valence-corrected chi connectivity index (χ0v) is 11.2. The molecule has 1 heterocycles. The van der Waals surface area contributed by atoms with Crippen molar-refractivity contribution in [3.63, 3.8) is 0 Å². The van der Waals surface area contributed by atoms with Crippen LogP contribution in [0.5, 0.6) is 0 Å². The van der Waals surface area contributed by atoms with E-state index in [4.69, 9.17) is 4.74 Å². The summed E-state index contributed by atoms with van der Waals surface area (Å²) in [4.78, 5) is 25.4. The van der Waals surface area contributed by atoms with Gasteiger partial charge in [-0.15, -0.1) is 0 Å². The van der Waals surface area contributed by atoms with Crippen molar-refractivity contribution in [1.29, 1.82) is 0 Å². The van der Waals surface area contributed by atoms with Gasteiger partial charge in [-0.2, -0.15) is 0 Å². The molecule has 1 aromatic carbocycles. The average molecular weight is 262 g/mol. The van der Waals surface area contributed by atoms with Gasteiger partial charge >= 0.3 is 0 Å². The maximum Gasteiger partial charge on any atom is 0.244 e. The molecule has 5 heteroatoms. The second-order valence-electron chi connectivity index (χ2n) is 4.81. The van der Waals surface area contributed by atoms with Crippen LogP contribution in [0.2, 0.25) is 0 Å². The van der Waals surface area contributed by atoms with Crippen molar-refractivity contribution in [2.45, 2.75) is 13.3 Å². The molecule has 0 saturated carbocycles. The van der Waals surface area contributed by atoms with E-state index in [0.717, 1.165) is 5.69 Å². The first kappa shape index (κ1) is 13.5. The van der Waals surface area contributed by atoms with Crippen molar-refractivity contribution in [2.24, 2.45) is 5.92 Å². The number of fused-ring (bicyclic) bond motifs is 1. The van der Waals surface area contributed by atoms with E-state index in [1.165, 1.54) is 0 Å². The molecule has 1 N–H and O–H groups in total. The Bertz CT molecular complexity index is 487. The summed E-state index contributed by atoms with van der Waals surface area (Å²) < 4.78 is 5.03. The van der Waals surface area contributed by atoms with Crippen LogP contribution in [0.3, 0.4) is 0 Å². The van der Waals surface area contributed by atoms with Crippen LogP contribution in [-0.2, 0) is 14.3 Å². The lowest BCUT2D eigenvalue weighted by Crippen LogP contribution is -2.42. The van der Waals surface area contributed by atoms with Gasteiger partial charge < -0.3 is 15.0 Å². The second-order valence-corrected chi connectivity index (χ2v) is 4.81. The van der Waals surface area contributed by atoms with E-state index in [1.807, 2.05) is 25.1 Å². The molecule has 0 saturated heterocycles. The highest BCUT2D eigenvalue weighted by Gasteiger charge is 2.27. The standard InChI is InChI=1S/C14H18N2O3/c1-10(9-19-2)7-14(18)16-8-13(17)15-11-5-3-4-6-12(11)16/h3-6,10H,7-9H2,1-2H3,(H,15,17). The third-order valence-corrected chi connectivity index (χ3v) is 3.05. The highest BCUT2D eigenvalue weighted by atomic mass is 16.5. The van der Waals surface area contributed by atoms with Gasteiger partial charge in [0, 0.05) is 20.1 Å². The fourth-order valence-corrected chi connectivity index (χ4v) is 2.21. The largest absolute Gasteiger partial charge is 0.384 e. The second kappa shape index (κ2) is 5.84. The van der Waals surface area contributed by atoms with Crippen LogP contribution >= 0.6 is 0 Å². The summed E-state index contributed by atoms with van der Waals surface area (Å²) in [6.07, 6.45) is 0.370. The number of benzene rings is 1. The van der Waals surface area contributed by atoms with Crippen molar-refractivity contribution in [3.8, 4) is 0 Å². The molecule has 0 radical (unpaired) electrons. The lowest BCUT2D eigenvalue weighted by atomic mass is 10.1. The van der Waals surface area contributed by atoms with Gasteiger partial charge in [0.05, 0.1) is 11.4 Å². The Hall–Kier alpha value is -1.88. The highest BCUT2D eigenvalue weighted by molar-refractivity contribution is 6.09. The Morgan fingerprint density at radius 3 is 2.95 bits per heavy atom. The van der Waals surface area contributed by atoms with E-state index in [-0.39, 0.29) is 24.3 Å². The van der Waals surface area contributed by atoms with Gasteiger partial charge in [-0.25, -0.2) is 0 Å². The van der Waals surface area contributed by atoms with Crippen molar-refractivity contribution in [3.05, 3.63) is 24.3 Å². The SMILES string of the molecule is COCC(C)CC(=O)N1CC(=O)Nc2ccccc21. The first-order valence-corrected chi connectivity index (χ1v) is 6.30. The Morgan fingerprint density at radius 2 is 2.21 bits per heavy atom. The van der Waals surface area contributed by atoms with E-state index in [1.54, 1.807) is 18.1 Å². The lowest BCUT2D eigenvalue weighted by molar-refractivity contribution is -0.122. The molecule has 2 amide bonds. The number of para-hydroxylation sites is 2. The zero-order valence-electron chi connectivity index (χ0n) is 11.2. The van der Waals surface area contributed by atoms with Crippen molar-refractivity contribution < 1.29 is 14.3 Å². The summed E-state index contributed by atoms with van der Waals surface area (Å²) in [5, 5.41) is 2.77. The maximum absolute atomic E-state index is 12.3. The minimum absolute atomic E-state index is 0.0492. The van der Waals surface area contributed by atoms with Crippen LogP contribution in [0, 0.1) is 5.92 Å². The summed E-state index contributed by atoms with van der Waals surface area (Å²) in [7, 11) is 1.62. The number of anilines is 2. The Labute approximate surface area is 112 Å². The summed E-state index contributed by atoms with van der Waals surface area (Å²) >= 11 is 0. The number of hydrogen-bond acceptors (Lipinski definition) is 3. The van der Waals surface area contributed by atoms with E-state index in [9.17, 15) is 9.59 Å². The molecule has 1 aromatic rings. The molecular formula is C14H18N2O3. The molecule has 1 atom stereocenters. The first-order chi connectivity index (χ1) is 9.11. The number of nitrogens with zero attached hydrogens (tertiary/aromatic N) is 1. The third-order valence-electron chi connectivity index (χ3n) is 3.05. The average Bonchev–Trinajstić information content (AvgIpc) is 2.37. The molecule has 0 aliphatic carbocycles. The molecule has 1 aliphatic rings. The first-order valence-electron chi connectivity index (χ1n) is 6.30. The maximum atomic E-state index is 12.3. The summed E-state index contributed by atoms with van der Waals surface area (Å²) in [6, 6.07) is 7.33. The number of rotatable bonds is 4. The van der Waals surface area contributed by atoms with Crippen LogP contribution in [0.25, 0.3) is 0 Å². The quantitative estimate of drug-likeness (QED) is 0.897. The molecule has 0 aromatic heterocycles. The van der Waals surface area contributed by atoms with Crippen LogP contribution in [-0.4, -0.2) is 32.1 Å². The Kier molecular flexibility index (Phi) is 4.16. The monoisotopic (exact) mass is 262 g/mol. The van der Waals surface area contributed by atoms with Crippen LogP contribution in [0.1, 0.15) is 13.3 Å². The van der Waals surface area contributed by atoms with E-state index >= 15 is 0 Å². The minimum Gasteiger partial charge on any atom is -0.384 e. The Morgan fingerprint density at radius 1 is 1.47 bits per heavy atom. The van der Waals surface area contributed by atoms with E-state index in [0.29, 0.717) is 18.7 Å². The topological polar surface area (TPSA) is 58.6 Å². The van der Waals surface area contributed by atoms with E-state index in [2.05, 4.69) is 5.32 Å². The number of carbonyl (C=O) groups is 2. The Balaban J connectivity index is 2.16. The van der Waals surface area contributed by atoms with Gasteiger partial charge in [-0.05, 0) is 18.1 Å². The molecule has 1 aliphatic heterocycles. The lowest BCUT2D eigenvalue weighted by Gasteiger charge is -2.29. The van der Waals surface area contributed by atoms with Crippen LogP contribution in [0.4, 0.5) is 11.4 Å².